The van der Waals surface area contributed by atoms with Crippen molar-refractivity contribution in [2.75, 3.05) is 12.8 Å². The molecule has 0 aliphatic heterocycles. The molecule has 17 heavy (non-hydrogen) atoms. The van der Waals surface area contributed by atoms with Crippen molar-refractivity contribution in [3.8, 4) is 0 Å². The Morgan fingerprint density at radius 3 is 2.35 bits per heavy atom. The molecule has 0 amide bonds. The predicted octanol–water partition coefficient (Wildman–Crippen LogP) is 3.92. The van der Waals surface area contributed by atoms with Crippen LogP contribution in [0.4, 0.5) is 0 Å². The fourth-order valence-corrected chi connectivity index (χ4v) is 3.19. The molecule has 1 aromatic carbocycles. The van der Waals surface area contributed by atoms with E-state index in [0.29, 0.717) is 6.04 Å². The topological polar surface area (TPSA) is 12.0 Å². The Labute approximate surface area is 110 Å². The van der Waals surface area contributed by atoms with Crippen LogP contribution in [-0.4, -0.2) is 12.8 Å². The zero-order valence-electron chi connectivity index (χ0n) is 10.7. The van der Waals surface area contributed by atoms with Gasteiger partial charge in [0.25, 0.3) is 0 Å². The lowest BCUT2D eigenvalue weighted by molar-refractivity contribution is 0.443. The van der Waals surface area contributed by atoms with Crippen LogP contribution in [0.2, 0.25) is 0 Å². The molecule has 1 nitrogen and oxygen atoms in total. The molecule has 94 valence electrons. The lowest BCUT2D eigenvalue weighted by Crippen LogP contribution is -2.17. The van der Waals surface area contributed by atoms with E-state index in [9.17, 15) is 0 Å². The maximum absolute atomic E-state index is 4.37. The minimum atomic E-state index is 0.374. The summed E-state index contributed by atoms with van der Waals surface area (Å²) in [6.07, 6.45) is 6.99. The van der Waals surface area contributed by atoms with Crippen LogP contribution in [-0.2, 0) is 0 Å². The minimum Gasteiger partial charge on any atom is -0.312 e. The molecule has 1 fully saturated rings. The van der Waals surface area contributed by atoms with Crippen molar-refractivity contribution in [1.29, 1.82) is 0 Å². The molecule has 1 aliphatic carbocycles. The lowest BCUT2D eigenvalue weighted by atomic mass is 9.84. The van der Waals surface area contributed by atoms with Crippen molar-refractivity contribution < 1.29 is 0 Å². The van der Waals surface area contributed by atoms with Crippen molar-refractivity contribution in [2.45, 2.75) is 44.1 Å². The molecule has 1 N–H and O–H groups in total. The summed E-state index contributed by atoms with van der Waals surface area (Å²) in [5.41, 5.74) is 2.88. The zero-order valence-corrected chi connectivity index (χ0v) is 11.5. The Balaban J connectivity index is 2.06. The molecule has 0 bridgehead atoms. The first-order chi connectivity index (χ1) is 8.35. The molecule has 1 aliphatic rings. The van der Waals surface area contributed by atoms with Crippen molar-refractivity contribution in [1.82, 2.24) is 5.32 Å². The Kier molecular flexibility index (Phi) is 4.93. The predicted molar refractivity (Wildman–Crippen MR) is 77.9 cm³/mol. The summed E-state index contributed by atoms with van der Waals surface area (Å²) >= 11 is 4.37. The van der Waals surface area contributed by atoms with Crippen LogP contribution in [0.3, 0.4) is 0 Å². The molecule has 0 saturated heterocycles. The first kappa shape index (κ1) is 13.0. The van der Waals surface area contributed by atoms with Gasteiger partial charge in [0.1, 0.15) is 0 Å². The van der Waals surface area contributed by atoms with Crippen molar-refractivity contribution >= 4 is 12.6 Å². The van der Waals surface area contributed by atoms with Crippen LogP contribution in [0, 0.1) is 0 Å². The summed E-state index contributed by atoms with van der Waals surface area (Å²) in [6.45, 7) is 0. The van der Waals surface area contributed by atoms with E-state index >= 15 is 0 Å². The minimum absolute atomic E-state index is 0.374. The number of nitrogens with one attached hydrogen (secondary N) is 1. The van der Waals surface area contributed by atoms with Crippen LogP contribution < -0.4 is 5.32 Å². The van der Waals surface area contributed by atoms with Crippen molar-refractivity contribution in [3.63, 3.8) is 0 Å². The monoisotopic (exact) mass is 249 g/mol. The van der Waals surface area contributed by atoms with Gasteiger partial charge in [-0.3, -0.25) is 0 Å². The van der Waals surface area contributed by atoms with Gasteiger partial charge < -0.3 is 5.32 Å². The Morgan fingerprint density at radius 1 is 1.18 bits per heavy atom. The second-order valence-electron chi connectivity index (χ2n) is 5.03. The van der Waals surface area contributed by atoms with E-state index in [-0.39, 0.29) is 0 Å². The molecule has 2 rings (SSSR count). The summed E-state index contributed by atoms with van der Waals surface area (Å²) in [4.78, 5) is 0. The molecular weight excluding hydrogens is 226 g/mol. The van der Waals surface area contributed by atoms with Crippen LogP contribution in [0.1, 0.15) is 55.2 Å². The largest absolute Gasteiger partial charge is 0.312 e. The Morgan fingerprint density at radius 2 is 1.82 bits per heavy atom. The van der Waals surface area contributed by atoms with E-state index < -0.39 is 0 Å². The van der Waals surface area contributed by atoms with Gasteiger partial charge in [0.05, 0.1) is 0 Å². The van der Waals surface area contributed by atoms with Gasteiger partial charge in [-0.1, -0.05) is 43.5 Å². The maximum atomic E-state index is 4.37. The summed E-state index contributed by atoms with van der Waals surface area (Å²) < 4.78 is 0. The van der Waals surface area contributed by atoms with E-state index in [0.717, 1.165) is 11.7 Å². The van der Waals surface area contributed by atoms with Gasteiger partial charge in [-0.05, 0) is 36.9 Å². The van der Waals surface area contributed by atoms with E-state index in [4.69, 9.17) is 0 Å². The fraction of sp³-hybridized carbons (Fsp3) is 0.600. The van der Waals surface area contributed by atoms with Gasteiger partial charge in [0.15, 0.2) is 0 Å². The SMILES string of the molecule is CNC(CS)c1ccc(C2CCCCC2)cc1. The van der Waals surface area contributed by atoms with Crippen LogP contribution in [0.15, 0.2) is 24.3 Å². The van der Waals surface area contributed by atoms with Gasteiger partial charge in [0.2, 0.25) is 0 Å². The summed E-state index contributed by atoms with van der Waals surface area (Å²) in [5, 5.41) is 3.29. The van der Waals surface area contributed by atoms with E-state index in [1.807, 2.05) is 7.05 Å². The Hall–Kier alpha value is -0.470. The van der Waals surface area contributed by atoms with Gasteiger partial charge in [-0.15, -0.1) is 0 Å². The van der Waals surface area contributed by atoms with Gasteiger partial charge in [-0.2, -0.15) is 12.6 Å². The molecule has 1 saturated carbocycles. The summed E-state index contributed by atoms with van der Waals surface area (Å²) in [7, 11) is 2.00. The first-order valence-corrected chi connectivity index (χ1v) is 7.36. The third kappa shape index (κ3) is 3.26. The molecule has 0 aromatic heterocycles. The van der Waals surface area contributed by atoms with Gasteiger partial charge in [0, 0.05) is 11.8 Å². The first-order valence-electron chi connectivity index (χ1n) is 6.73. The standard InChI is InChI=1S/C15H23NS/c1-16-15(11-17)14-9-7-13(8-10-14)12-5-3-2-4-6-12/h7-10,12,15-17H,2-6,11H2,1H3. The van der Waals surface area contributed by atoms with Crippen LogP contribution >= 0.6 is 12.6 Å². The maximum Gasteiger partial charge on any atom is 0.0406 e. The molecule has 1 atom stereocenters. The normalized spacial score (nSPS) is 19.2. The highest BCUT2D eigenvalue weighted by molar-refractivity contribution is 7.80. The molecule has 1 aromatic rings. The molecule has 1 unspecified atom stereocenters. The second kappa shape index (κ2) is 6.46. The Bertz CT molecular complexity index is 323. The van der Waals surface area contributed by atoms with E-state index in [1.54, 1.807) is 0 Å². The van der Waals surface area contributed by atoms with Crippen LogP contribution in [0.25, 0.3) is 0 Å². The molecule has 0 spiro atoms. The lowest BCUT2D eigenvalue weighted by Gasteiger charge is -2.22. The molecular formula is C15H23NS. The highest BCUT2D eigenvalue weighted by Crippen LogP contribution is 2.32. The van der Waals surface area contributed by atoms with E-state index in [2.05, 4.69) is 42.2 Å². The molecule has 2 heteroatoms. The second-order valence-corrected chi connectivity index (χ2v) is 5.39. The number of benzene rings is 1. The number of hydrogen-bond acceptors (Lipinski definition) is 2. The quantitative estimate of drug-likeness (QED) is 0.771. The summed E-state index contributed by atoms with van der Waals surface area (Å²) in [6, 6.07) is 9.54. The molecule has 0 radical (unpaired) electrons. The van der Waals surface area contributed by atoms with Crippen LogP contribution in [0.5, 0.6) is 0 Å². The number of rotatable bonds is 4. The number of thiol groups is 1. The fourth-order valence-electron chi connectivity index (χ4n) is 2.80. The average molecular weight is 249 g/mol. The highest BCUT2D eigenvalue weighted by atomic mass is 32.1. The molecule has 0 heterocycles. The van der Waals surface area contributed by atoms with Crippen molar-refractivity contribution in [3.05, 3.63) is 35.4 Å². The van der Waals surface area contributed by atoms with Gasteiger partial charge in [-0.25, -0.2) is 0 Å². The summed E-state index contributed by atoms with van der Waals surface area (Å²) in [5.74, 6) is 1.65. The third-order valence-electron chi connectivity index (χ3n) is 3.95. The average Bonchev–Trinajstić information content (AvgIpc) is 2.42. The smallest absolute Gasteiger partial charge is 0.0406 e. The van der Waals surface area contributed by atoms with Gasteiger partial charge >= 0.3 is 0 Å². The highest BCUT2D eigenvalue weighted by Gasteiger charge is 2.15. The third-order valence-corrected chi connectivity index (χ3v) is 4.31. The van der Waals surface area contributed by atoms with Crippen molar-refractivity contribution in [2.24, 2.45) is 0 Å². The number of hydrogen-bond donors (Lipinski definition) is 2. The zero-order chi connectivity index (χ0) is 12.1. The van der Waals surface area contributed by atoms with E-state index in [1.165, 1.54) is 43.2 Å².